The van der Waals surface area contributed by atoms with Crippen LogP contribution < -0.4 is 0 Å². The van der Waals surface area contributed by atoms with Crippen LogP contribution in [-0.2, 0) is 0 Å². The van der Waals surface area contributed by atoms with Gasteiger partial charge in [-0.15, -0.1) is 6.01 Å². The molecule has 1 fully saturated rings. The minimum absolute atomic E-state index is 0.730. The average molecular weight is 219 g/mol. The van der Waals surface area contributed by atoms with Crippen molar-refractivity contribution in [3.8, 4) is 12.3 Å². The van der Waals surface area contributed by atoms with E-state index < -0.39 is 0 Å². The van der Waals surface area contributed by atoms with Gasteiger partial charge in [0, 0.05) is 25.7 Å². The lowest BCUT2D eigenvalue weighted by Gasteiger charge is -2.28. The summed E-state index contributed by atoms with van der Waals surface area (Å²) in [5, 5.41) is 23.2. The van der Waals surface area contributed by atoms with Crippen LogP contribution in [0.15, 0.2) is 4.99 Å². The Morgan fingerprint density at radius 3 is 2.31 bits per heavy atom. The standard InChI is InChI=1S/C9H17N2.C2N3/c1-11(7-3-2-6-10)8-4-5-9-11;3-1-5-2-4/h2-5,7-9H2,1H3;/q+1;-1. The van der Waals surface area contributed by atoms with Gasteiger partial charge < -0.3 is 14.9 Å². The number of hydrogen-bond acceptors (Lipinski definition) is 3. The van der Waals surface area contributed by atoms with Gasteiger partial charge >= 0.3 is 0 Å². The molecule has 0 spiro atoms. The van der Waals surface area contributed by atoms with Crippen LogP contribution in [0.5, 0.6) is 0 Å². The highest BCUT2D eigenvalue weighted by Crippen LogP contribution is 2.16. The number of likely N-dealkylation sites (tertiary alicyclic amines) is 1. The van der Waals surface area contributed by atoms with E-state index >= 15 is 0 Å². The van der Waals surface area contributed by atoms with E-state index in [1.165, 1.54) is 49.2 Å². The lowest BCUT2D eigenvalue weighted by molar-refractivity contribution is -0.897. The van der Waals surface area contributed by atoms with Gasteiger partial charge in [-0.2, -0.15) is 10.5 Å². The van der Waals surface area contributed by atoms with Crippen molar-refractivity contribution in [1.29, 1.82) is 10.5 Å². The number of nitriles is 2. The molecule has 0 N–H and O–H groups in total. The minimum Gasteiger partial charge on any atom is -0.422 e. The molecule has 0 atom stereocenters. The van der Waals surface area contributed by atoms with Crippen LogP contribution in [0.3, 0.4) is 0 Å². The van der Waals surface area contributed by atoms with E-state index in [0.717, 1.165) is 12.8 Å². The van der Waals surface area contributed by atoms with Crippen molar-refractivity contribution in [3.05, 3.63) is 5.41 Å². The van der Waals surface area contributed by atoms with Crippen LogP contribution in [0.25, 0.3) is 5.41 Å². The van der Waals surface area contributed by atoms with Crippen molar-refractivity contribution in [3.63, 3.8) is 0 Å². The predicted octanol–water partition coefficient (Wildman–Crippen LogP) is 1.74. The number of aliphatic imine (C=N–C) groups is 1. The zero-order valence-corrected chi connectivity index (χ0v) is 9.69. The maximum atomic E-state index is 8.37. The molecule has 0 aliphatic carbocycles. The van der Waals surface area contributed by atoms with Crippen molar-refractivity contribution in [1.82, 2.24) is 0 Å². The first kappa shape index (κ1) is 14.3. The summed E-state index contributed by atoms with van der Waals surface area (Å²) < 4.78 is 1.21. The third-order valence-electron chi connectivity index (χ3n) is 2.73. The van der Waals surface area contributed by atoms with Crippen LogP contribution in [0.1, 0.15) is 25.7 Å². The molecule has 0 aromatic carbocycles. The number of rotatable bonds is 3. The first-order chi connectivity index (χ1) is 7.68. The molecule has 86 valence electrons. The zero-order chi connectivity index (χ0) is 12.3. The van der Waals surface area contributed by atoms with Gasteiger partial charge in [0.2, 0.25) is 0 Å². The summed E-state index contributed by atoms with van der Waals surface area (Å²) in [6.45, 7) is 3.85. The molecule has 5 nitrogen and oxygen atoms in total. The van der Waals surface area contributed by atoms with Gasteiger partial charge in [-0.1, -0.05) is 0 Å². The number of quaternary nitrogens is 1. The molecule has 1 saturated heterocycles. The largest absolute Gasteiger partial charge is 0.422 e. The Kier molecular flexibility index (Phi) is 7.71. The fourth-order valence-electron chi connectivity index (χ4n) is 1.88. The summed E-state index contributed by atoms with van der Waals surface area (Å²) in [6, 6.07) is 3.48. The molecular formula is C11H17N5. The highest BCUT2D eigenvalue weighted by Gasteiger charge is 2.25. The Hall–Kier alpha value is -1.68. The Balaban J connectivity index is 0.000000385. The van der Waals surface area contributed by atoms with E-state index in [1.807, 2.05) is 0 Å². The van der Waals surface area contributed by atoms with Crippen molar-refractivity contribution in [2.75, 3.05) is 26.7 Å². The van der Waals surface area contributed by atoms with Crippen LogP contribution in [0.2, 0.25) is 0 Å². The molecule has 0 bridgehead atoms. The maximum absolute atomic E-state index is 8.37. The van der Waals surface area contributed by atoms with E-state index in [-0.39, 0.29) is 0 Å². The Bertz CT molecular complexity index is 310. The molecule has 1 aliphatic heterocycles. The second-order valence-corrected chi connectivity index (χ2v) is 4.07. The predicted molar refractivity (Wildman–Crippen MR) is 61.3 cm³/mol. The molecule has 1 rings (SSSR count). The molecule has 1 heterocycles. The van der Waals surface area contributed by atoms with E-state index in [9.17, 15) is 0 Å². The van der Waals surface area contributed by atoms with Gasteiger partial charge in [-0.3, -0.25) is 0 Å². The summed E-state index contributed by atoms with van der Waals surface area (Å²) in [6.07, 6.45) is 5.84. The summed E-state index contributed by atoms with van der Waals surface area (Å²) in [5.74, 6) is 0. The summed E-state index contributed by atoms with van der Waals surface area (Å²) in [4.78, 5) is 2.58. The number of nitrogens with zero attached hydrogens (tertiary/aromatic N) is 5. The Morgan fingerprint density at radius 2 is 1.94 bits per heavy atom. The SMILES string of the molecule is C[N+]1(CCCC#N)CCCC1.N#CN=C=[N-]. The molecule has 0 amide bonds. The lowest BCUT2D eigenvalue weighted by atomic mass is 10.3. The number of unbranched alkanes of at least 4 members (excludes halogenated alkanes) is 1. The highest BCUT2D eigenvalue weighted by atomic mass is 15.3. The fourth-order valence-corrected chi connectivity index (χ4v) is 1.88. The first-order valence-corrected chi connectivity index (χ1v) is 5.37. The summed E-state index contributed by atoms with van der Waals surface area (Å²) in [5.41, 5.74) is 0. The van der Waals surface area contributed by atoms with Gasteiger partial charge in [-0.25, -0.2) is 0 Å². The molecule has 5 heteroatoms. The third kappa shape index (κ3) is 6.73. The van der Waals surface area contributed by atoms with Gasteiger partial charge in [0.1, 0.15) is 0 Å². The molecule has 0 saturated carbocycles. The van der Waals surface area contributed by atoms with Gasteiger partial charge in [0.05, 0.1) is 38.9 Å². The molecule has 1 aliphatic rings. The van der Waals surface area contributed by atoms with E-state index in [2.05, 4.69) is 18.1 Å². The van der Waals surface area contributed by atoms with Gasteiger partial charge in [0.15, 0.2) is 0 Å². The zero-order valence-electron chi connectivity index (χ0n) is 9.69. The summed E-state index contributed by atoms with van der Waals surface area (Å²) >= 11 is 0. The Labute approximate surface area is 96.7 Å². The molecular weight excluding hydrogens is 202 g/mol. The molecule has 16 heavy (non-hydrogen) atoms. The molecule has 0 aromatic rings. The normalized spacial score (nSPS) is 15.9. The molecule has 0 unspecified atom stereocenters. The van der Waals surface area contributed by atoms with E-state index in [4.69, 9.17) is 15.9 Å². The van der Waals surface area contributed by atoms with Gasteiger partial charge in [-0.05, 0) is 0 Å². The van der Waals surface area contributed by atoms with Crippen molar-refractivity contribution in [2.45, 2.75) is 25.7 Å². The van der Waals surface area contributed by atoms with Crippen LogP contribution in [-0.4, -0.2) is 37.2 Å². The number of hydrogen-bond donors (Lipinski definition) is 0. The quantitative estimate of drug-likeness (QED) is 0.313. The second kappa shape index (κ2) is 8.61. The second-order valence-electron chi connectivity index (χ2n) is 4.07. The van der Waals surface area contributed by atoms with E-state index in [0.29, 0.717) is 0 Å². The topological polar surface area (TPSA) is 82.2 Å². The Morgan fingerprint density at radius 1 is 1.31 bits per heavy atom. The van der Waals surface area contributed by atoms with Crippen molar-refractivity contribution < 1.29 is 4.48 Å². The fraction of sp³-hybridized carbons (Fsp3) is 0.727. The van der Waals surface area contributed by atoms with Crippen LogP contribution in [0.4, 0.5) is 0 Å². The monoisotopic (exact) mass is 219 g/mol. The molecule has 0 radical (unpaired) electrons. The van der Waals surface area contributed by atoms with Crippen LogP contribution >= 0.6 is 0 Å². The van der Waals surface area contributed by atoms with Crippen LogP contribution in [0, 0.1) is 22.8 Å². The minimum atomic E-state index is 0.730. The van der Waals surface area contributed by atoms with Crippen molar-refractivity contribution in [2.24, 2.45) is 4.99 Å². The summed E-state index contributed by atoms with van der Waals surface area (Å²) in [7, 11) is 2.31. The third-order valence-corrected chi connectivity index (χ3v) is 2.73. The lowest BCUT2D eigenvalue weighted by Crippen LogP contribution is -2.41. The highest BCUT2D eigenvalue weighted by molar-refractivity contribution is 5.46. The molecule has 0 aromatic heterocycles. The first-order valence-electron chi connectivity index (χ1n) is 5.37. The van der Waals surface area contributed by atoms with E-state index in [1.54, 1.807) is 0 Å². The van der Waals surface area contributed by atoms with Crippen molar-refractivity contribution >= 4 is 6.01 Å². The smallest absolute Gasteiger partial charge is 0.0925 e. The van der Waals surface area contributed by atoms with Gasteiger partial charge in [0.25, 0.3) is 0 Å². The average Bonchev–Trinajstić information content (AvgIpc) is 2.68. The maximum Gasteiger partial charge on any atom is 0.0925 e.